The van der Waals surface area contributed by atoms with Gasteiger partial charge in [0.15, 0.2) is 5.50 Å². The number of halogens is 3. The Morgan fingerprint density at radius 3 is 1.64 bits per heavy atom. The van der Waals surface area contributed by atoms with E-state index in [0.29, 0.717) is 0 Å². The lowest BCUT2D eigenvalue weighted by molar-refractivity contribution is -0.938. The van der Waals surface area contributed by atoms with Crippen molar-refractivity contribution in [3.05, 3.63) is 35.9 Å². The molecular weight excluding hydrogens is 560 g/mol. The molecule has 0 saturated heterocycles. The standard InChI is InChI=1S/C29H48ClIN.ClH/c1-4-7-9-11-13-15-20-24-32(29(31)6-3,25-21-16-14-12-10-8-5-2)28(30)26-27-22-18-17-19-23-27;/h3,17-19,22-23,28-29H,4-5,7-16,20-21,24-26H2,1-2H3;1H/q+1;/p-1. The van der Waals surface area contributed by atoms with Gasteiger partial charge in [0.25, 0.3) is 0 Å². The van der Waals surface area contributed by atoms with Crippen molar-refractivity contribution in [1.29, 1.82) is 0 Å². The molecule has 1 rings (SSSR count). The Bertz CT molecular complexity index is 583. The first-order valence-corrected chi connectivity index (χ1v) is 14.9. The van der Waals surface area contributed by atoms with Crippen LogP contribution in [0.4, 0.5) is 0 Å². The Morgan fingerprint density at radius 1 is 0.788 bits per heavy atom. The summed E-state index contributed by atoms with van der Waals surface area (Å²) in [6, 6.07) is 10.7. The van der Waals surface area contributed by atoms with Gasteiger partial charge < -0.3 is 12.4 Å². The summed E-state index contributed by atoms with van der Waals surface area (Å²) in [5.74, 6) is 3.08. The van der Waals surface area contributed by atoms with Crippen molar-refractivity contribution in [3.8, 4) is 12.3 Å². The van der Waals surface area contributed by atoms with Crippen LogP contribution in [-0.2, 0) is 6.42 Å². The fourth-order valence-electron chi connectivity index (χ4n) is 4.63. The van der Waals surface area contributed by atoms with Crippen LogP contribution in [-0.4, -0.2) is 27.1 Å². The maximum absolute atomic E-state index is 7.25. The van der Waals surface area contributed by atoms with E-state index in [1.165, 1.54) is 95.5 Å². The van der Waals surface area contributed by atoms with Crippen molar-refractivity contribution >= 4 is 34.2 Å². The van der Waals surface area contributed by atoms with Crippen LogP contribution in [0.1, 0.15) is 109 Å². The topological polar surface area (TPSA) is 0 Å². The van der Waals surface area contributed by atoms with Gasteiger partial charge in [-0.25, -0.2) is 0 Å². The molecule has 1 nitrogen and oxygen atoms in total. The van der Waals surface area contributed by atoms with Crippen molar-refractivity contribution in [2.45, 2.75) is 120 Å². The highest BCUT2D eigenvalue weighted by atomic mass is 127. The molecule has 0 radical (unpaired) electrons. The minimum Gasteiger partial charge on any atom is -1.00 e. The van der Waals surface area contributed by atoms with Gasteiger partial charge in [0.2, 0.25) is 4.05 Å². The Balaban J connectivity index is 0.0000102. The van der Waals surface area contributed by atoms with Gasteiger partial charge in [-0.3, -0.25) is 4.48 Å². The van der Waals surface area contributed by atoms with E-state index in [1.807, 2.05) is 0 Å². The van der Waals surface area contributed by atoms with Crippen LogP contribution in [0.15, 0.2) is 30.3 Å². The molecule has 190 valence electrons. The zero-order valence-corrected chi connectivity index (χ0v) is 24.9. The number of rotatable bonds is 20. The SMILES string of the molecule is C#CC(I)[N+](CCCCCCCCC)(CCCCCCCCC)C(Cl)Cc1ccccc1.[Cl-]. The summed E-state index contributed by atoms with van der Waals surface area (Å²) >= 11 is 9.74. The highest BCUT2D eigenvalue weighted by molar-refractivity contribution is 14.1. The summed E-state index contributed by atoms with van der Waals surface area (Å²) < 4.78 is 0.983. The van der Waals surface area contributed by atoms with E-state index < -0.39 is 0 Å². The van der Waals surface area contributed by atoms with Crippen LogP contribution in [0.25, 0.3) is 0 Å². The second kappa shape index (κ2) is 21.3. The van der Waals surface area contributed by atoms with Crippen molar-refractivity contribution in [3.63, 3.8) is 0 Å². The van der Waals surface area contributed by atoms with E-state index in [-0.39, 0.29) is 22.0 Å². The number of benzene rings is 1. The zero-order chi connectivity index (χ0) is 23.5. The molecule has 4 heteroatoms. The smallest absolute Gasteiger partial charge is 0.201 e. The molecular formula is C29H48Cl2IN. The first kappa shape index (κ1) is 33.0. The molecule has 1 aromatic rings. The van der Waals surface area contributed by atoms with Crippen molar-refractivity contribution in [2.75, 3.05) is 13.1 Å². The molecule has 0 saturated carbocycles. The molecule has 33 heavy (non-hydrogen) atoms. The van der Waals surface area contributed by atoms with Gasteiger partial charge in [0, 0.05) is 29.0 Å². The maximum Gasteiger partial charge on any atom is 0.201 e. The van der Waals surface area contributed by atoms with Gasteiger partial charge in [0.05, 0.1) is 13.1 Å². The number of quaternary nitrogens is 1. The summed E-state index contributed by atoms with van der Waals surface area (Å²) in [7, 11) is 0. The molecule has 2 atom stereocenters. The second-order valence-electron chi connectivity index (χ2n) is 9.42. The van der Waals surface area contributed by atoms with Crippen LogP contribution < -0.4 is 12.4 Å². The molecule has 0 aromatic heterocycles. The molecule has 0 fully saturated rings. The maximum atomic E-state index is 7.25. The molecule has 2 unspecified atom stereocenters. The lowest BCUT2D eigenvalue weighted by Gasteiger charge is -2.44. The molecule has 0 amide bonds. The minimum atomic E-state index is 0. The van der Waals surface area contributed by atoms with E-state index in [2.05, 4.69) is 72.7 Å². The van der Waals surface area contributed by atoms with E-state index >= 15 is 0 Å². The Hall–Kier alpha value is 0.0500. The number of terminal acetylenes is 1. The lowest BCUT2D eigenvalue weighted by Crippen LogP contribution is -3.00. The number of unbranched alkanes of at least 4 members (excludes halogenated alkanes) is 12. The van der Waals surface area contributed by atoms with Crippen LogP contribution in [0.2, 0.25) is 0 Å². The summed E-state index contributed by atoms with van der Waals surface area (Å²) in [6.07, 6.45) is 25.5. The van der Waals surface area contributed by atoms with Crippen LogP contribution >= 0.6 is 34.2 Å². The molecule has 0 aliphatic heterocycles. The third-order valence-electron chi connectivity index (χ3n) is 6.75. The Morgan fingerprint density at radius 2 is 1.21 bits per heavy atom. The van der Waals surface area contributed by atoms with Crippen LogP contribution in [0.3, 0.4) is 0 Å². The summed E-state index contributed by atoms with van der Waals surface area (Å²) in [6.45, 7) is 6.76. The fourth-order valence-corrected chi connectivity index (χ4v) is 6.25. The van der Waals surface area contributed by atoms with E-state index in [0.717, 1.165) is 24.0 Å². The molecule has 0 aliphatic rings. The van der Waals surface area contributed by atoms with Gasteiger partial charge >= 0.3 is 0 Å². The average Bonchev–Trinajstić information content (AvgIpc) is 2.81. The Kier molecular flexibility index (Phi) is 21.4. The fraction of sp³-hybridized carbons (Fsp3) is 0.724. The number of hydrogen-bond acceptors (Lipinski definition) is 0. The van der Waals surface area contributed by atoms with E-state index in [9.17, 15) is 0 Å². The quantitative estimate of drug-likeness (QED) is 0.0396. The third kappa shape index (κ3) is 13.6. The summed E-state index contributed by atoms with van der Waals surface area (Å²) in [5.41, 5.74) is 1.34. The first-order valence-electron chi connectivity index (χ1n) is 13.2. The molecule has 0 bridgehead atoms. The van der Waals surface area contributed by atoms with Crippen molar-refractivity contribution < 1.29 is 16.9 Å². The highest BCUT2D eigenvalue weighted by Gasteiger charge is 2.40. The minimum absolute atomic E-state index is 0. The molecule has 1 aromatic carbocycles. The van der Waals surface area contributed by atoms with Crippen LogP contribution in [0.5, 0.6) is 0 Å². The van der Waals surface area contributed by atoms with Gasteiger partial charge in [-0.05, 0) is 37.2 Å². The predicted molar refractivity (Wildman–Crippen MR) is 152 cm³/mol. The van der Waals surface area contributed by atoms with Gasteiger partial charge in [-0.15, -0.1) is 6.42 Å². The van der Waals surface area contributed by atoms with Gasteiger partial charge in [0.1, 0.15) is 0 Å². The lowest BCUT2D eigenvalue weighted by atomic mass is 10.1. The van der Waals surface area contributed by atoms with Crippen LogP contribution in [0, 0.1) is 12.3 Å². The normalized spacial score (nSPS) is 13.2. The summed E-state index contributed by atoms with van der Waals surface area (Å²) in [4.78, 5) is 0. The van der Waals surface area contributed by atoms with Gasteiger partial charge in [-0.1, -0.05) is 120 Å². The molecule has 0 N–H and O–H groups in total. The molecule has 0 heterocycles. The van der Waals surface area contributed by atoms with Crippen molar-refractivity contribution in [1.82, 2.24) is 0 Å². The summed E-state index contributed by atoms with van der Waals surface area (Å²) in [5, 5.41) is 0. The van der Waals surface area contributed by atoms with Gasteiger partial charge in [-0.2, -0.15) is 0 Å². The largest absolute Gasteiger partial charge is 1.00 e. The zero-order valence-electron chi connectivity index (χ0n) is 21.2. The number of alkyl halides is 2. The second-order valence-corrected chi connectivity index (χ2v) is 11.1. The monoisotopic (exact) mass is 607 g/mol. The first-order chi connectivity index (χ1) is 15.6. The molecule has 0 aliphatic carbocycles. The van der Waals surface area contributed by atoms with E-state index in [1.54, 1.807) is 0 Å². The Labute approximate surface area is 231 Å². The average molecular weight is 609 g/mol. The predicted octanol–water partition coefficient (Wildman–Crippen LogP) is 6.51. The molecule has 0 spiro atoms. The third-order valence-corrected chi connectivity index (χ3v) is 8.76. The van der Waals surface area contributed by atoms with Crippen molar-refractivity contribution in [2.24, 2.45) is 0 Å². The highest BCUT2D eigenvalue weighted by Crippen LogP contribution is 2.31. The number of nitrogens with zero attached hydrogens (tertiary/aromatic N) is 1. The number of hydrogen-bond donors (Lipinski definition) is 0. The van der Waals surface area contributed by atoms with E-state index in [4.69, 9.17) is 18.0 Å².